The van der Waals surface area contributed by atoms with Gasteiger partial charge in [-0.05, 0) is 31.2 Å². The summed E-state index contributed by atoms with van der Waals surface area (Å²) < 4.78 is 0. The Morgan fingerprint density at radius 3 is 2.56 bits per heavy atom. The third-order valence-corrected chi connectivity index (χ3v) is 3.69. The van der Waals surface area contributed by atoms with Crippen LogP contribution < -0.4 is 10.7 Å². The molecule has 0 saturated heterocycles. The lowest BCUT2D eigenvalue weighted by molar-refractivity contribution is -0.117. The molecular weight excluding hydrogens is 322 g/mol. The van der Waals surface area contributed by atoms with Gasteiger partial charge >= 0.3 is 0 Å². The van der Waals surface area contributed by atoms with Crippen molar-refractivity contribution in [2.75, 3.05) is 5.32 Å². The van der Waals surface area contributed by atoms with Crippen LogP contribution in [-0.2, 0) is 4.79 Å². The van der Waals surface area contributed by atoms with Crippen LogP contribution in [0.15, 0.2) is 48.0 Å². The summed E-state index contributed by atoms with van der Waals surface area (Å²) in [4.78, 5) is 43.6. The third kappa shape index (κ3) is 3.74. The summed E-state index contributed by atoms with van der Waals surface area (Å²) in [6.07, 6.45) is 4.41. The normalized spacial score (nSPS) is 15.9. The Kier molecular flexibility index (Phi) is 4.60. The smallest absolute Gasteiger partial charge is 0.248 e. The molecule has 2 aromatic rings. The van der Waals surface area contributed by atoms with Crippen LogP contribution in [0, 0.1) is 0 Å². The fourth-order valence-electron chi connectivity index (χ4n) is 2.32. The maximum atomic E-state index is 12.3. The highest BCUT2D eigenvalue weighted by atomic mass is 16.2. The maximum Gasteiger partial charge on any atom is 0.248 e. The van der Waals surface area contributed by atoms with Crippen LogP contribution >= 0.6 is 0 Å². The van der Waals surface area contributed by atoms with Crippen molar-refractivity contribution in [2.45, 2.75) is 19.4 Å². The number of nitrogens with one attached hydrogen (secondary N) is 2. The number of Topliss-reactive ketones (excluding diaryl/α,β-unsaturated/α-hetero) is 2. The van der Waals surface area contributed by atoms with Crippen LogP contribution in [0.2, 0.25) is 0 Å². The van der Waals surface area contributed by atoms with Crippen LogP contribution in [0.5, 0.6) is 0 Å². The number of benzene rings is 1. The second kappa shape index (κ2) is 7.00. The van der Waals surface area contributed by atoms with Gasteiger partial charge in [0.1, 0.15) is 17.4 Å². The SMILES string of the molecule is CC(=O)c1ccc(NC(=O)C2CC(C(=O)c3cnccn3)=NN2)cc1. The number of nitrogens with zero attached hydrogens (tertiary/aromatic N) is 3. The average molecular weight is 337 g/mol. The van der Waals surface area contributed by atoms with Gasteiger partial charge in [0, 0.05) is 30.1 Å². The maximum absolute atomic E-state index is 12.3. The van der Waals surface area contributed by atoms with Gasteiger partial charge in [-0.15, -0.1) is 0 Å². The van der Waals surface area contributed by atoms with Crippen LogP contribution in [0.1, 0.15) is 34.2 Å². The highest BCUT2D eigenvalue weighted by Crippen LogP contribution is 2.13. The van der Waals surface area contributed by atoms with Gasteiger partial charge in [-0.2, -0.15) is 5.10 Å². The fraction of sp³-hybridized carbons (Fsp3) is 0.176. The molecule has 1 aromatic carbocycles. The molecule has 126 valence electrons. The fourth-order valence-corrected chi connectivity index (χ4v) is 2.32. The summed E-state index contributed by atoms with van der Waals surface area (Å²) in [5.41, 5.74) is 4.20. The Morgan fingerprint density at radius 1 is 1.16 bits per heavy atom. The minimum absolute atomic E-state index is 0.0455. The van der Waals surface area contributed by atoms with Gasteiger partial charge in [-0.1, -0.05) is 0 Å². The van der Waals surface area contributed by atoms with Gasteiger partial charge in [0.05, 0.1) is 6.20 Å². The molecule has 0 spiro atoms. The van der Waals surface area contributed by atoms with Crippen LogP contribution in [-0.4, -0.2) is 39.2 Å². The molecule has 0 fully saturated rings. The number of rotatable bonds is 5. The zero-order chi connectivity index (χ0) is 17.8. The van der Waals surface area contributed by atoms with Crippen molar-refractivity contribution in [2.24, 2.45) is 5.10 Å². The number of anilines is 1. The molecule has 2 N–H and O–H groups in total. The molecule has 1 aliphatic rings. The number of carbonyl (C=O) groups excluding carboxylic acids is 3. The first-order valence-corrected chi connectivity index (χ1v) is 7.59. The van der Waals surface area contributed by atoms with E-state index in [-0.39, 0.29) is 35.3 Å². The van der Waals surface area contributed by atoms with Crippen LogP contribution in [0.3, 0.4) is 0 Å². The number of amides is 1. The zero-order valence-corrected chi connectivity index (χ0v) is 13.4. The van der Waals surface area contributed by atoms with Crippen molar-refractivity contribution in [3.8, 4) is 0 Å². The molecule has 0 saturated carbocycles. The Balaban J connectivity index is 1.60. The number of ketones is 2. The van der Waals surface area contributed by atoms with Crippen molar-refractivity contribution in [1.29, 1.82) is 0 Å². The van der Waals surface area contributed by atoms with Crippen LogP contribution in [0.4, 0.5) is 5.69 Å². The molecule has 8 heteroatoms. The Hall–Kier alpha value is -3.42. The van der Waals surface area contributed by atoms with E-state index in [4.69, 9.17) is 0 Å². The molecule has 1 amide bonds. The molecular formula is C17H15N5O3. The molecule has 2 heterocycles. The van der Waals surface area contributed by atoms with Gasteiger partial charge in [0.15, 0.2) is 5.78 Å². The lowest BCUT2D eigenvalue weighted by atomic mass is 10.1. The Bertz CT molecular complexity index is 846. The lowest BCUT2D eigenvalue weighted by Gasteiger charge is -2.11. The van der Waals surface area contributed by atoms with Gasteiger partial charge < -0.3 is 5.32 Å². The second-order valence-electron chi connectivity index (χ2n) is 5.49. The topological polar surface area (TPSA) is 113 Å². The Labute approximate surface area is 143 Å². The van der Waals surface area contributed by atoms with E-state index in [2.05, 4.69) is 25.8 Å². The monoisotopic (exact) mass is 337 g/mol. The molecule has 1 aromatic heterocycles. The van der Waals surface area contributed by atoms with E-state index in [1.165, 1.54) is 25.5 Å². The van der Waals surface area contributed by atoms with Crippen molar-refractivity contribution in [3.05, 3.63) is 54.1 Å². The first-order valence-electron chi connectivity index (χ1n) is 7.59. The number of hydrogen-bond donors (Lipinski definition) is 2. The minimum Gasteiger partial charge on any atom is -0.324 e. The van der Waals surface area contributed by atoms with Gasteiger partial charge in [0.25, 0.3) is 0 Å². The highest BCUT2D eigenvalue weighted by Gasteiger charge is 2.30. The summed E-state index contributed by atoms with van der Waals surface area (Å²) in [5.74, 6) is -0.723. The highest BCUT2D eigenvalue weighted by molar-refractivity contribution is 6.46. The van der Waals surface area contributed by atoms with E-state index in [9.17, 15) is 14.4 Å². The van der Waals surface area contributed by atoms with Crippen molar-refractivity contribution < 1.29 is 14.4 Å². The summed E-state index contributed by atoms with van der Waals surface area (Å²) in [5, 5.41) is 6.66. The van der Waals surface area contributed by atoms with E-state index < -0.39 is 6.04 Å². The van der Waals surface area contributed by atoms with Gasteiger partial charge in [-0.25, -0.2) is 4.98 Å². The first kappa shape index (κ1) is 16.4. The Morgan fingerprint density at radius 2 is 1.92 bits per heavy atom. The molecule has 8 nitrogen and oxygen atoms in total. The largest absolute Gasteiger partial charge is 0.324 e. The van der Waals surface area contributed by atoms with E-state index in [1.54, 1.807) is 24.3 Å². The van der Waals surface area contributed by atoms with E-state index in [1.807, 2.05) is 0 Å². The molecule has 1 aliphatic heterocycles. The van der Waals surface area contributed by atoms with E-state index in [0.717, 1.165) is 0 Å². The third-order valence-electron chi connectivity index (χ3n) is 3.69. The minimum atomic E-state index is -0.650. The molecule has 0 aliphatic carbocycles. The van der Waals surface area contributed by atoms with E-state index in [0.29, 0.717) is 11.3 Å². The number of carbonyl (C=O) groups is 3. The van der Waals surface area contributed by atoms with Crippen molar-refractivity contribution in [1.82, 2.24) is 15.4 Å². The molecule has 0 bridgehead atoms. The van der Waals surface area contributed by atoms with Crippen molar-refractivity contribution >= 4 is 28.9 Å². The summed E-state index contributed by atoms with van der Waals surface area (Å²) in [7, 11) is 0. The molecule has 3 rings (SSSR count). The summed E-state index contributed by atoms with van der Waals surface area (Å²) in [6, 6.07) is 5.92. The summed E-state index contributed by atoms with van der Waals surface area (Å²) >= 11 is 0. The predicted octanol–water partition coefficient (Wildman–Crippen LogP) is 1.22. The standard InChI is InChI=1S/C17H15N5O3/c1-10(23)11-2-4-12(5-3-11)20-17(25)14-8-13(21-22-14)16(24)15-9-18-6-7-19-15/h2-7,9,14,22H,8H2,1H3,(H,20,25). The molecule has 1 atom stereocenters. The predicted molar refractivity (Wildman–Crippen MR) is 90.4 cm³/mol. The van der Waals surface area contributed by atoms with Gasteiger partial charge in [-0.3, -0.25) is 24.8 Å². The average Bonchev–Trinajstić information content (AvgIpc) is 3.12. The molecule has 1 unspecified atom stereocenters. The lowest BCUT2D eigenvalue weighted by Crippen LogP contribution is -2.35. The number of hydrogen-bond acceptors (Lipinski definition) is 7. The zero-order valence-electron chi connectivity index (χ0n) is 13.4. The number of hydrazone groups is 1. The quantitative estimate of drug-likeness (QED) is 0.793. The number of aromatic nitrogens is 2. The van der Waals surface area contributed by atoms with E-state index >= 15 is 0 Å². The molecule has 0 radical (unpaired) electrons. The second-order valence-corrected chi connectivity index (χ2v) is 5.49. The molecule has 25 heavy (non-hydrogen) atoms. The van der Waals surface area contributed by atoms with Crippen molar-refractivity contribution in [3.63, 3.8) is 0 Å². The van der Waals surface area contributed by atoms with Crippen LogP contribution in [0.25, 0.3) is 0 Å². The first-order chi connectivity index (χ1) is 12.0. The summed E-state index contributed by atoms with van der Waals surface area (Å²) in [6.45, 7) is 1.48. The van der Waals surface area contributed by atoms with Gasteiger partial charge in [0.2, 0.25) is 11.7 Å².